The highest BCUT2D eigenvalue weighted by atomic mass is 16.5. The Morgan fingerprint density at radius 3 is 2.33 bits per heavy atom. The second-order valence-corrected chi connectivity index (χ2v) is 7.94. The first kappa shape index (κ1) is 20.1. The van der Waals surface area contributed by atoms with Gasteiger partial charge in [0.1, 0.15) is 6.54 Å². The topological polar surface area (TPSA) is 92.8 Å². The van der Waals surface area contributed by atoms with Gasteiger partial charge in [-0.3, -0.25) is 24.1 Å². The number of esters is 1. The standard InChI is InChI=1S/C23H24N2O5/c1-14(21(27)24-17-11-10-15-6-2-3-7-16(15)12-17)30-20(26)13-25-22(28)18-8-4-5-9-19(18)23(25)29/h2-3,6-7,10-12,14,18-19H,4-5,8-9,13H2,1H3,(H,24,27)/t14-,18+,19+/m1/s1. The molecule has 7 heteroatoms. The normalized spacial score (nSPS) is 22.0. The maximum Gasteiger partial charge on any atom is 0.326 e. The maximum atomic E-state index is 12.5. The summed E-state index contributed by atoms with van der Waals surface area (Å²) in [6.45, 7) is 1.01. The van der Waals surface area contributed by atoms with E-state index in [-0.39, 0.29) is 23.7 Å². The van der Waals surface area contributed by atoms with Crippen molar-refractivity contribution in [3.63, 3.8) is 0 Å². The van der Waals surface area contributed by atoms with Crippen LogP contribution in [0.5, 0.6) is 0 Å². The van der Waals surface area contributed by atoms with E-state index in [9.17, 15) is 19.2 Å². The highest BCUT2D eigenvalue weighted by Gasteiger charge is 2.48. The fourth-order valence-corrected chi connectivity index (χ4v) is 4.31. The van der Waals surface area contributed by atoms with Gasteiger partial charge in [-0.1, -0.05) is 43.2 Å². The Hall–Kier alpha value is -3.22. The van der Waals surface area contributed by atoms with Gasteiger partial charge >= 0.3 is 5.97 Å². The van der Waals surface area contributed by atoms with Crippen molar-refractivity contribution in [2.75, 3.05) is 11.9 Å². The second kappa shape index (κ2) is 8.26. The largest absolute Gasteiger partial charge is 0.451 e. The van der Waals surface area contributed by atoms with Crippen LogP contribution in [0.15, 0.2) is 42.5 Å². The summed E-state index contributed by atoms with van der Waals surface area (Å²) in [7, 11) is 0. The minimum atomic E-state index is -1.06. The molecule has 2 aliphatic rings. The summed E-state index contributed by atoms with van der Waals surface area (Å²) < 4.78 is 5.19. The van der Waals surface area contributed by atoms with E-state index >= 15 is 0 Å². The van der Waals surface area contributed by atoms with Crippen LogP contribution in [-0.2, 0) is 23.9 Å². The SMILES string of the molecule is C[C@@H](OC(=O)CN1C(=O)[C@H]2CCCC[C@@H]2C1=O)C(=O)Nc1ccc2ccccc2c1. The summed E-state index contributed by atoms with van der Waals surface area (Å²) in [6, 6.07) is 13.3. The van der Waals surface area contributed by atoms with Gasteiger partial charge in [-0.25, -0.2) is 0 Å². The number of hydrogen-bond donors (Lipinski definition) is 1. The van der Waals surface area contributed by atoms with Gasteiger partial charge in [0, 0.05) is 5.69 Å². The molecule has 30 heavy (non-hydrogen) atoms. The highest BCUT2D eigenvalue weighted by molar-refractivity contribution is 6.07. The van der Waals surface area contributed by atoms with E-state index in [4.69, 9.17) is 4.74 Å². The molecule has 156 valence electrons. The number of hydrogen-bond acceptors (Lipinski definition) is 5. The Morgan fingerprint density at radius 1 is 1.03 bits per heavy atom. The average molecular weight is 408 g/mol. The zero-order valence-corrected chi connectivity index (χ0v) is 16.8. The van der Waals surface area contributed by atoms with Crippen LogP contribution in [0.2, 0.25) is 0 Å². The quantitative estimate of drug-likeness (QED) is 0.607. The van der Waals surface area contributed by atoms with Crippen LogP contribution in [0.4, 0.5) is 5.69 Å². The second-order valence-electron chi connectivity index (χ2n) is 7.94. The fourth-order valence-electron chi connectivity index (χ4n) is 4.31. The molecular formula is C23H24N2O5. The van der Waals surface area contributed by atoms with E-state index < -0.39 is 24.5 Å². The number of carbonyl (C=O) groups excluding carboxylic acids is 4. The molecule has 2 fully saturated rings. The fraction of sp³-hybridized carbons (Fsp3) is 0.391. The third kappa shape index (κ3) is 3.92. The van der Waals surface area contributed by atoms with Crippen LogP contribution < -0.4 is 5.32 Å². The number of anilines is 1. The molecule has 0 radical (unpaired) electrons. The Labute approximate surface area is 174 Å². The van der Waals surface area contributed by atoms with Crippen LogP contribution >= 0.6 is 0 Å². The number of amides is 3. The van der Waals surface area contributed by atoms with Crippen LogP contribution in [0.25, 0.3) is 10.8 Å². The molecule has 3 atom stereocenters. The number of imide groups is 1. The molecule has 1 saturated heterocycles. The molecule has 1 saturated carbocycles. The Morgan fingerprint density at radius 2 is 1.67 bits per heavy atom. The molecule has 1 heterocycles. The van der Waals surface area contributed by atoms with E-state index in [1.165, 1.54) is 6.92 Å². The number of benzene rings is 2. The average Bonchev–Trinajstić information content (AvgIpc) is 2.98. The predicted octanol–water partition coefficient (Wildman–Crippen LogP) is 2.89. The van der Waals surface area contributed by atoms with Crippen molar-refractivity contribution in [1.82, 2.24) is 4.90 Å². The molecule has 4 rings (SSSR count). The van der Waals surface area contributed by atoms with Gasteiger partial charge in [-0.2, -0.15) is 0 Å². The number of fused-ring (bicyclic) bond motifs is 2. The van der Waals surface area contributed by atoms with E-state index in [1.807, 2.05) is 36.4 Å². The van der Waals surface area contributed by atoms with Gasteiger partial charge in [-0.05, 0) is 42.7 Å². The van der Waals surface area contributed by atoms with Gasteiger partial charge in [0.05, 0.1) is 11.8 Å². The summed E-state index contributed by atoms with van der Waals surface area (Å²) >= 11 is 0. The summed E-state index contributed by atoms with van der Waals surface area (Å²) in [4.78, 5) is 50.6. The number of carbonyl (C=O) groups is 4. The molecular weight excluding hydrogens is 384 g/mol. The first-order valence-corrected chi connectivity index (χ1v) is 10.3. The summed E-state index contributed by atoms with van der Waals surface area (Å²) in [5, 5.41) is 4.76. The number of nitrogens with zero attached hydrogens (tertiary/aromatic N) is 1. The van der Waals surface area contributed by atoms with E-state index in [1.54, 1.807) is 6.07 Å². The van der Waals surface area contributed by atoms with E-state index in [0.29, 0.717) is 18.5 Å². The number of likely N-dealkylation sites (tertiary alicyclic amines) is 1. The smallest absolute Gasteiger partial charge is 0.326 e. The Kier molecular flexibility index (Phi) is 5.53. The minimum Gasteiger partial charge on any atom is -0.451 e. The number of ether oxygens (including phenoxy) is 1. The molecule has 0 bridgehead atoms. The van der Waals surface area contributed by atoms with Crippen molar-refractivity contribution in [2.24, 2.45) is 11.8 Å². The Balaban J connectivity index is 1.34. The van der Waals surface area contributed by atoms with Crippen molar-refractivity contribution in [1.29, 1.82) is 0 Å². The molecule has 1 aliphatic carbocycles. The first-order chi connectivity index (χ1) is 14.4. The summed E-state index contributed by atoms with van der Waals surface area (Å²) in [5.41, 5.74) is 0.593. The lowest BCUT2D eigenvalue weighted by atomic mass is 9.81. The van der Waals surface area contributed by atoms with Crippen LogP contribution in [0, 0.1) is 11.8 Å². The molecule has 2 aromatic carbocycles. The maximum absolute atomic E-state index is 12.5. The van der Waals surface area contributed by atoms with Crippen molar-refractivity contribution in [2.45, 2.75) is 38.7 Å². The number of nitrogens with one attached hydrogen (secondary N) is 1. The zero-order valence-electron chi connectivity index (χ0n) is 16.8. The van der Waals surface area contributed by atoms with Gasteiger partial charge in [-0.15, -0.1) is 0 Å². The number of rotatable bonds is 5. The third-order valence-electron chi connectivity index (χ3n) is 5.91. The van der Waals surface area contributed by atoms with Gasteiger partial charge in [0.15, 0.2) is 6.10 Å². The lowest BCUT2D eigenvalue weighted by molar-refractivity contribution is -0.158. The predicted molar refractivity (Wildman–Crippen MR) is 110 cm³/mol. The molecule has 2 aromatic rings. The Bertz CT molecular complexity index is 994. The van der Waals surface area contributed by atoms with Crippen LogP contribution in [-0.4, -0.2) is 41.2 Å². The van der Waals surface area contributed by atoms with Crippen molar-refractivity contribution >= 4 is 40.2 Å². The summed E-state index contributed by atoms with van der Waals surface area (Å²) in [6.07, 6.45) is 2.16. The summed E-state index contributed by atoms with van der Waals surface area (Å²) in [5.74, 6) is -2.46. The lowest BCUT2D eigenvalue weighted by Gasteiger charge is -2.19. The first-order valence-electron chi connectivity index (χ1n) is 10.3. The highest BCUT2D eigenvalue weighted by Crippen LogP contribution is 2.37. The van der Waals surface area contributed by atoms with Crippen LogP contribution in [0.1, 0.15) is 32.6 Å². The molecule has 0 aromatic heterocycles. The van der Waals surface area contributed by atoms with Gasteiger partial charge < -0.3 is 10.1 Å². The lowest BCUT2D eigenvalue weighted by Crippen LogP contribution is -2.39. The zero-order chi connectivity index (χ0) is 21.3. The van der Waals surface area contributed by atoms with Crippen molar-refractivity contribution < 1.29 is 23.9 Å². The molecule has 1 aliphatic heterocycles. The van der Waals surface area contributed by atoms with Crippen molar-refractivity contribution in [3.05, 3.63) is 42.5 Å². The monoisotopic (exact) mass is 408 g/mol. The third-order valence-corrected chi connectivity index (χ3v) is 5.91. The molecule has 7 nitrogen and oxygen atoms in total. The van der Waals surface area contributed by atoms with Crippen LogP contribution in [0.3, 0.4) is 0 Å². The minimum absolute atomic E-state index is 0.296. The molecule has 0 spiro atoms. The van der Waals surface area contributed by atoms with Gasteiger partial charge in [0.25, 0.3) is 5.91 Å². The molecule has 0 unspecified atom stereocenters. The molecule has 1 N–H and O–H groups in total. The van der Waals surface area contributed by atoms with E-state index in [0.717, 1.165) is 28.5 Å². The van der Waals surface area contributed by atoms with E-state index in [2.05, 4.69) is 5.32 Å². The van der Waals surface area contributed by atoms with Gasteiger partial charge in [0.2, 0.25) is 11.8 Å². The van der Waals surface area contributed by atoms with Crippen molar-refractivity contribution in [3.8, 4) is 0 Å². The molecule has 3 amide bonds.